The van der Waals surface area contributed by atoms with Crippen molar-refractivity contribution in [2.75, 3.05) is 14.2 Å². The number of benzene rings is 4. The number of ether oxygens (including phenoxy) is 2. The van der Waals surface area contributed by atoms with Crippen LogP contribution in [0.15, 0.2) is 111 Å². The molecule has 4 aromatic heterocycles. The number of esters is 2. The minimum atomic E-state index is -1.57. The third-order valence-electron chi connectivity index (χ3n) is 8.73. The molecule has 0 aliphatic heterocycles. The van der Waals surface area contributed by atoms with E-state index < -0.39 is 23.1 Å². The van der Waals surface area contributed by atoms with E-state index in [1.807, 2.05) is 91.0 Å². The molecular formula is C44H37BrN8O8. The normalized spacial score (nSPS) is 12.6. The summed E-state index contributed by atoms with van der Waals surface area (Å²) in [5, 5.41) is 37.5. The minimum absolute atomic E-state index is 0.101. The fourth-order valence-electron chi connectivity index (χ4n) is 5.65. The summed E-state index contributed by atoms with van der Waals surface area (Å²) in [5.74, 6) is 7.86. The van der Waals surface area contributed by atoms with E-state index in [2.05, 4.69) is 68.7 Å². The van der Waals surface area contributed by atoms with Crippen LogP contribution in [0.3, 0.4) is 0 Å². The van der Waals surface area contributed by atoms with Crippen molar-refractivity contribution in [1.29, 1.82) is 0 Å². The van der Waals surface area contributed by atoms with Crippen molar-refractivity contribution in [1.82, 2.24) is 39.8 Å². The van der Waals surface area contributed by atoms with E-state index in [1.54, 1.807) is 29.3 Å². The highest BCUT2D eigenvalue weighted by molar-refractivity contribution is 9.10. The number of aryl methyl sites for hydroxylation is 2. The second-order valence-electron chi connectivity index (χ2n) is 13.4. The zero-order valence-corrected chi connectivity index (χ0v) is 35.2. The molecule has 16 nitrogen and oxygen atoms in total. The van der Waals surface area contributed by atoms with Gasteiger partial charge in [-0.05, 0) is 62.4 Å². The van der Waals surface area contributed by atoms with Crippen molar-refractivity contribution in [2.45, 2.75) is 38.9 Å². The first-order chi connectivity index (χ1) is 29.1. The van der Waals surface area contributed by atoms with Gasteiger partial charge >= 0.3 is 11.9 Å². The molecule has 0 fully saturated rings. The maximum absolute atomic E-state index is 12.1. The molecule has 2 atom stereocenters. The lowest BCUT2D eigenvalue weighted by atomic mass is 10.1. The molecule has 4 aromatic carbocycles. The van der Waals surface area contributed by atoms with E-state index in [-0.39, 0.29) is 17.3 Å². The van der Waals surface area contributed by atoms with E-state index in [0.29, 0.717) is 34.1 Å². The monoisotopic (exact) mass is 884 g/mol. The average molecular weight is 886 g/mol. The van der Waals surface area contributed by atoms with Crippen molar-refractivity contribution < 1.29 is 38.3 Å². The van der Waals surface area contributed by atoms with Gasteiger partial charge in [0, 0.05) is 34.7 Å². The largest absolute Gasteiger partial charge is 0.464 e. The molecule has 0 aliphatic rings. The highest BCUT2D eigenvalue weighted by atomic mass is 79.9. The van der Waals surface area contributed by atoms with Crippen LogP contribution in [0.2, 0.25) is 0 Å². The third kappa shape index (κ3) is 9.72. The van der Waals surface area contributed by atoms with Crippen molar-refractivity contribution in [3.05, 3.63) is 142 Å². The number of rotatable bonds is 6. The van der Waals surface area contributed by atoms with Gasteiger partial charge in [-0.15, -0.1) is 6.42 Å². The zero-order valence-electron chi connectivity index (χ0n) is 33.6. The van der Waals surface area contributed by atoms with Crippen LogP contribution in [0.25, 0.3) is 33.2 Å². The lowest BCUT2D eigenvalue weighted by Crippen LogP contribution is -2.20. The van der Waals surface area contributed by atoms with Crippen molar-refractivity contribution >= 4 is 49.7 Å². The van der Waals surface area contributed by atoms with Crippen LogP contribution < -0.4 is 0 Å². The topological polar surface area (TPSA) is 207 Å². The third-order valence-corrected chi connectivity index (χ3v) is 9.23. The van der Waals surface area contributed by atoms with Gasteiger partial charge in [0.15, 0.2) is 22.6 Å². The summed E-state index contributed by atoms with van der Waals surface area (Å²) in [6, 6.07) is 30.0. The number of aromatic nitrogens is 8. The maximum Gasteiger partial charge on any atom is 0.359 e. The van der Waals surface area contributed by atoms with Crippen LogP contribution in [-0.2, 0) is 20.7 Å². The van der Waals surface area contributed by atoms with Crippen LogP contribution in [0, 0.1) is 38.0 Å². The van der Waals surface area contributed by atoms with Crippen LogP contribution >= 0.6 is 15.9 Å². The van der Waals surface area contributed by atoms with Crippen molar-refractivity contribution in [3.8, 4) is 35.6 Å². The van der Waals surface area contributed by atoms with Crippen LogP contribution in [-0.4, -0.2) is 76.2 Å². The van der Waals surface area contributed by atoms with Gasteiger partial charge in [-0.1, -0.05) is 92.5 Å². The molecule has 308 valence electrons. The number of carbonyl (C=O) groups is 2. The Morgan fingerprint density at radius 3 is 1.64 bits per heavy atom. The van der Waals surface area contributed by atoms with Gasteiger partial charge < -0.3 is 28.7 Å². The van der Waals surface area contributed by atoms with Gasteiger partial charge in [-0.3, -0.25) is 0 Å². The Morgan fingerprint density at radius 1 is 0.705 bits per heavy atom. The maximum atomic E-state index is 12.1. The Morgan fingerprint density at radius 2 is 1.18 bits per heavy atom. The first-order valence-electron chi connectivity index (χ1n) is 18.2. The van der Waals surface area contributed by atoms with E-state index >= 15 is 0 Å². The smallest absolute Gasteiger partial charge is 0.359 e. The van der Waals surface area contributed by atoms with E-state index in [1.165, 1.54) is 28.1 Å². The molecule has 2 N–H and O–H groups in total. The quantitative estimate of drug-likeness (QED) is 0.134. The van der Waals surface area contributed by atoms with Crippen molar-refractivity contribution in [2.24, 2.45) is 0 Å². The van der Waals surface area contributed by atoms with Gasteiger partial charge in [-0.25, -0.2) is 19.0 Å². The highest BCUT2D eigenvalue weighted by Gasteiger charge is 2.27. The number of fused-ring (bicyclic) bond motifs is 2. The van der Waals surface area contributed by atoms with Gasteiger partial charge in [0.1, 0.15) is 0 Å². The molecule has 4 heterocycles. The number of aliphatic hydroxyl groups is 2. The summed E-state index contributed by atoms with van der Waals surface area (Å²) in [6.45, 7) is 6.19. The van der Waals surface area contributed by atoms with Crippen molar-refractivity contribution in [3.63, 3.8) is 0 Å². The fourth-order valence-corrected chi connectivity index (χ4v) is 6.04. The Bertz CT molecular complexity index is 2980. The number of para-hydroxylation sites is 2. The standard InChI is InChI=1S/C22H18N4O4.C15H11BrN2O2.C7H8N2O2/c1-14-23-21(25-30-14)22(2,28)12-11-15-7-6-8-16(13-15)26-18-10-5-4-9-17(18)19(24-26)20(27)29-3;1-20-15(19)14-12-7-2-3-8-13(12)18(17-14)11-6-4-5-10(16)9-11;1-4-7(3,10)6-8-5(2)11-9-6/h4-10,13,28H,1-3H3;2-9H,1H3;1,10H,2-3H3/t22-;;7-/m1.1/s1. The minimum Gasteiger partial charge on any atom is -0.464 e. The molecule has 0 spiro atoms. The Hall–Kier alpha value is -7.44. The predicted octanol–water partition coefficient (Wildman–Crippen LogP) is 6.56. The Balaban J connectivity index is 0.000000172. The summed E-state index contributed by atoms with van der Waals surface area (Å²) in [4.78, 5) is 31.8. The lowest BCUT2D eigenvalue weighted by molar-refractivity contribution is 0.0587. The molecule has 17 heteroatoms. The van der Waals surface area contributed by atoms with E-state index in [9.17, 15) is 19.8 Å². The van der Waals surface area contributed by atoms with Crippen LogP contribution in [0.1, 0.15) is 63.8 Å². The summed E-state index contributed by atoms with van der Waals surface area (Å²) in [6.07, 6.45) is 5.03. The van der Waals surface area contributed by atoms with Crippen LogP contribution in [0.5, 0.6) is 0 Å². The summed E-state index contributed by atoms with van der Waals surface area (Å²) in [5.41, 5.74) is 1.43. The molecule has 0 unspecified atom stereocenters. The molecule has 0 saturated heterocycles. The van der Waals surface area contributed by atoms with E-state index in [0.717, 1.165) is 26.6 Å². The zero-order chi connectivity index (χ0) is 43.9. The second-order valence-corrected chi connectivity index (χ2v) is 14.3. The number of halogens is 1. The highest BCUT2D eigenvalue weighted by Crippen LogP contribution is 2.26. The molecular weight excluding hydrogens is 848 g/mol. The molecule has 0 aliphatic carbocycles. The summed E-state index contributed by atoms with van der Waals surface area (Å²) >= 11 is 3.44. The Kier molecular flexibility index (Phi) is 12.9. The van der Waals surface area contributed by atoms with Gasteiger partial charge in [-0.2, -0.15) is 20.2 Å². The number of hydrogen-bond acceptors (Lipinski definition) is 14. The summed E-state index contributed by atoms with van der Waals surface area (Å²) in [7, 11) is 2.68. The first-order valence-corrected chi connectivity index (χ1v) is 19.0. The molecule has 0 radical (unpaired) electrons. The molecule has 0 saturated carbocycles. The number of carbonyl (C=O) groups excluding carboxylic acids is 2. The molecule has 8 rings (SSSR count). The SMILES string of the molecule is C#C[C@@](C)(O)c1noc(C)n1.COC(=O)c1nn(-c2cccc(Br)c2)c2ccccc12.COC(=O)c1nn(-c2cccc(C#C[C@@](C)(O)c3noc(C)n3)c2)c2ccccc12. The van der Waals surface area contributed by atoms with Gasteiger partial charge in [0.05, 0.1) is 36.6 Å². The van der Waals surface area contributed by atoms with E-state index in [4.69, 9.17) is 20.4 Å². The second kappa shape index (κ2) is 18.2. The first kappa shape index (κ1) is 43.1. The lowest BCUT2D eigenvalue weighted by Gasteiger charge is -2.10. The average Bonchev–Trinajstić information content (AvgIpc) is 4.09. The van der Waals surface area contributed by atoms with Crippen LogP contribution in [0.4, 0.5) is 0 Å². The molecule has 61 heavy (non-hydrogen) atoms. The number of methoxy groups -OCH3 is 2. The number of terminal acetylenes is 1. The Labute approximate surface area is 357 Å². The molecule has 8 aromatic rings. The van der Waals surface area contributed by atoms with Gasteiger partial charge in [0.25, 0.3) is 0 Å². The summed E-state index contributed by atoms with van der Waals surface area (Å²) < 4.78 is 23.6. The number of nitrogens with zero attached hydrogens (tertiary/aromatic N) is 8. The fraction of sp³-hybridized carbons (Fsp3) is 0.182. The molecule has 0 bridgehead atoms. The predicted molar refractivity (Wildman–Crippen MR) is 225 cm³/mol. The molecule has 0 amide bonds. The number of hydrogen-bond donors (Lipinski definition) is 2. The van der Waals surface area contributed by atoms with Gasteiger partial charge in [0.2, 0.25) is 23.4 Å².